The van der Waals surface area contributed by atoms with Crippen molar-refractivity contribution in [2.75, 3.05) is 11.1 Å². The van der Waals surface area contributed by atoms with Crippen molar-refractivity contribution in [1.82, 2.24) is 0 Å². The molecule has 30 heavy (non-hydrogen) atoms. The van der Waals surface area contributed by atoms with Gasteiger partial charge in [0.25, 0.3) is 0 Å². The molecule has 8 heteroatoms. The Morgan fingerprint density at radius 1 is 0.900 bits per heavy atom. The Kier molecular flexibility index (Phi) is 6.11. The molecule has 0 heterocycles. The van der Waals surface area contributed by atoms with Crippen molar-refractivity contribution in [2.45, 2.75) is 61.0 Å². The minimum atomic E-state index is -3.90. The predicted molar refractivity (Wildman–Crippen MR) is 117 cm³/mol. The molecule has 6 nitrogen and oxygen atoms in total. The molecule has 1 fully saturated rings. The van der Waals surface area contributed by atoms with Gasteiger partial charge in [-0.15, -0.1) is 0 Å². The van der Waals surface area contributed by atoms with Gasteiger partial charge in [0.2, 0.25) is 5.91 Å². The molecule has 0 spiro atoms. The fraction of sp³-hybridized carbons (Fsp3) is 0.409. The Balaban J connectivity index is 1.94. The summed E-state index contributed by atoms with van der Waals surface area (Å²) < 4.78 is 49.5. The van der Waals surface area contributed by atoms with Crippen LogP contribution >= 0.6 is 0 Å². The van der Waals surface area contributed by atoms with E-state index in [1.807, 2.05) is 13.8 Å². The second-order valence-corrected chi connectivity index (χ2v) is 12.4. The third-order valence-corrected chi connectivity index (χ3v) is 10.2. The molecule has 1 aliphatic carbocycles. The Labute approximate surface area is 178 Å². The Morgan fingerprint density at radius 3 is 2.00 bits per heavy atom. The molecular formula is C22H27NO5S2. The van der Waals surface area contributed by atoms with Gasteiger partial charge in [-0.05, 0) is 74.2 Å². The van der Waals surface area contributed by atoms with Crippen LogP contribution in [0.1, 0.15) is 43.7 Å². The average molecular weight is 450 g/mol. The Morgan fingerprint density at radius 2 is 1.47 bits per heavy atom. The topological polar surface area (TPSA) is 97.4 Å². The molecule has 2 aromatic carbocycles. The maximum atomic E-state index is 13.5. The van der Waals surface area contributed by atoms with E-state index in [-0.39, 0.29) is 28.4 Å². The average Bonchev–Trinajstić information content (AvgIpc) is 3.22. The van der Waals surface area contributed by atoms with Crippen molar-refractivity contribution in [3.05, 3.63) is 53.6 Å². The monoisotopic (exact) mass is 449 g/mol. The summed E-state index contributed by atoms with van der Waals surface area (Å²) in [6, 6.07) is 10.8. The minimum Gasteiger partial charge on any atom is -0.325 e. The lowest BCUT2D eigenvalue weighted by Gasteiger charge is -2.28. The first-order chi connectivity index (χ1) is 14.0. The van der Waals surface area contributed by atoms with E-state index in [4.69, 9.17) is 0 Å². The van der Waals surface area contributed by atoms with E-state index in [1.54, 1.807) is 25.1 Å². The second-order valence-electron chi connectivity index (χ2n) is 7.83. The van der Waals surface area contributed by atoms with Crippen molar-refractivity contribution in [2.24, 2.45) is 0 Å². The molecule has 1 N–H and O–H groups in total. The molecule has 0 aromatic heterocycles. The molecule has 1 aliphatic rings. The zero-order valence-electron chi connectivity index (χ0n) is 17.4. The van der Waals surface area contributed by atoms with Gasteiger partial charge in [0.1, 0.15) is 0 Å². The number of carbonyl (C=O) groups excluding carboxylic acids is 1. The van der Waals surface area contributed by atoms with Crippen LogP contribution in [0.2, 0.25) is 0 Å². The third-order valence-electron chi connectivity index (χ3n) is 5.98. The van der Waals surface area contributed by atoms with E-state index in [0.29, 0.717) is 18.5 Å². The number of rotatable bonds is 6. The summed E-state index contributed by atoms with van der Waals surface area (Å²) >= 11 is 0. The maximum absolute atomic E-state index is 13.5. The number of hydrogen-bond donors (Lipinski definition) is 1. The number of sulfone groups is 2. The van der Waals surface area contributed by atoms with Gasteiger partial charge in [0, 0.05) is 5.69 Å². The molecule has 0 unspecified atom stereocenters. The summed E-state index contributed by atoms with van der Waals surface area (Å²) in [5.41, 5.74) is 2.22. The standard InChI is InChI=1S/C22H27NO5S2/c1-4-29(25,26)19-11-8-18(9-12-19)23-21(24)22(13-5-6-14-22)30(27,28)20-10-7-16(2)17(3)15-20/h7-12,15H,4-6,13-14H2,1-3H3,(H,23,24). The second kappa shape index (κ2) is 8.15. The van der Waals surface area contributed by atoms with Crippen molar-refractivity contribution in [3.8, 4) is 0 Å². The minimum absolute atomic E-state index is 0.0178. The molecule has 162 valence electrons. The first-order valence-electron chi connectivity index (χ1n) is 10.00. The van der Waals surface area contributed by atoms with Gasteiger partial charge in [0.05, 0.1) is 15.5 Å². The van der Waals surface area contributed by atoms with Gasteiger partial charge in [0.15, 0.2) is 24.4 Å². The van der Waals surface area contributed by atoms with Crippen LogP contribution < -0.4 is 5.32 Å². The fourth-order valence-corrected chi connectivity index (χ4v) is 6.86. The van der Waals surface area contributed by atoms with Gasteiger partial charge in [-0.25, -0.2) is 16.8 Å². The molecule has 0 aliphatic heterocycles. The number of carbonyl (C=O) groups is 1. The smallest absolute Gasteiger partial charge is 0.246 e. The van der Waals surface area contributed by atoms with E-state index in [9.17, 15) is 21.6 Å². The fourth-order valence-electron chi connectivity index (χ4n) is 3.83. The molecule has 3 rings (SSSR count). The summed E-state index contributed by atoms with van der Waals surface area (Å²) in [6.07, 6.45) is 1.84. The van der Waals surface area contributed by atoms with Gasteiger partial charge in [-0.3, -0.25) is 4.79 Å². The van der Waals surface area contributed by atoms with Crippen LogP contribution in [0.15, 0.2) is 52.3 Å². The molecule has 2 aromatic rings. The van der Waals surface area contributed by atoms with Crippen molar-refractivity contribution in [1.29, 1.82) is 0 Å². The van der Waals surface area contributed by atoms with Crippen LogP contribution in [0.4, 0.5) is 5.69 Å². The molecule has 0 radical (unpaired) electrons. The van der Waals surface area contributed by atoms with E-state index in [1.165, 1.54) is 24.3 Å². The highest BCUT2D eigenvalue weighted by atomic mass is 32.2. The molecule has 0 bridgehead atoms. The number of nitrogens with one attached hydrogen (secondary N) is 1. The number of amides is 1. The number of aryl methyl sites for hydroxylation is 2. The molecular weight excluding hydrogens is 422 g/mol. The van der Waals surface area contributed by atoms with Crippen molar-refractivity contribution >= 4 is 31.3 Å². The lowest BCUT2D eigenvalue weighted by atomic mass is 10.1. The molecule has 1 amide bonds. The number of anilines is 1. The van der Waals surface area contributed by atoms with Crippen LogP contribution in [-0.2, 0) is 24.5 Å². The molecule has 1 saturated carbocycles. The Hall–Kier alpha value is -2.19. The normalized spacial score (nSPS) is 16.4. The van der Waals surface area contributed by atoms with E-state index in [0.717, 1.165) is 11.1 Å². The van der Waals surface area contributed by atoms with Crippen LogP contribution in [0.5, 0.6) is 0 Å². The van der Waals surface area contributed by atoms with Gasteiger partial charge >= 0.3 is 0 Å². The number of hydrogen-bond acceptors (Lipinski definition) is 5. The van der Waals surface area contributed by atoms with Crippen molar-refractivity contribution in [3.63, 3.8) is 0 Å². The highest BCUT2D eigenvalue weighted by molar-refractivity contribution is 7.93. The predicted octanol–water partition coefficient (Wildman–Crippen LogP) is 3.82. The molecule has 0 atom stereocenters. The van der Waals surface area contributed by atoms with Crippen LogP contribution in [0, 0.1) is 13.8 Å². The van der Waals surface area contributed by atoms with E-state index in [2.05, 4.69) is 5.32 Å². The summed E-state index contributed by atoms with van der Waals surface area (Å²) in [4.78, 5) is 13.6. The van der Waals surface area contributed by atoms with E-state index >= 15 is 0 Å². The SMILES string of the molecule is CCS(=O)(=O)c1ccc(NC(=O)C2(S(=O)(=O)c3ccc(C)c(C)c3)CCCC2)cc1. The lowest BCUT2D eigenvalue weighted by Crippen LogP contribution is -2.47. The summed E-state index contributed by atoms with van der Waals surface area (Å²) in [5, 5.41) is 2.71. The van der Waals surface area contributed by atoms with Gasteiger partial charge < -0.3 is 5.32 Å². The first-order valence-corrected chi connectivity index (χ1v) is 13.1. The zero-order chi connectivity index (χ0) is 22.2. The van der Waals surface area contributed by atoms with Crippen LogP contribution in [0.25, 0.3) is 0 Å². The van der Waals surface area contributed by atoms with E-state index < -0.39 is 30.3 Å². The summed E-state index contributed by atoms with van der Waals surface area (Å²) in [5.74, 6) is -0.583. The van der Waals surface area contributed by atoms with Gasteiger partial charge in [-0.2, -0.15) is 0 Å². The maximum Gasteiger partial charge on any atom is 0.246 e. The Bertz CT molecular complexity index is 1160. The van der Waals surface area contributed by atoms with Crippen LogP contribution in [0.3, 0.4) is 0 Å². The summed E-state index contributed by atoms with van der Waals surface area (Å²) in [7, 11) is -7.25. The highest BCUT2D eigenvalue weighted by Crippen LogP contribution is 2.41. The quantitative estimate of drug-likeness (QED) is 0.723. The summed E-state index contributed by atoms with van der Waals surface area (Å²) in [6.45, 7) is 5.32. The molecule has 0 saturated heterocycles. The van der Waals surface area contributed by atoms with Gasteiger partial charge in [-0.1, -0.05) is 25.8 Å². The first kappa shape index (κ1) is 22.5. The lowest BCUT2D eigenvalue weighted by molar-refractivity contribution is -0.118. The third kappa shape index (κ3) is 3.90. The van der Waals surface area contributed by atoms with Crippen molar-refractivity contribution < 1.29 is 21.6 Å². The highest BCUT2D eigenvalue weighted by Gasteiger charge is 2.53. The van der Waals surface area contributed by atoms with Crippen LogP contribution in [-0.4, -0.2) is 33.2 Å². The number of benzene rings is 2. The largest absolute Gasteiger partial charge is 0.325 e. The zero-order valence-corrected chi connectivity index (χ0v) is 19.1.